The Hall–Kier alpha value is -3.10. The molecule has 0 unspecified atom stereocenters. The van der Waals surface area contributed by atoms with Crippen LogP contribution in [0.1, 0.15) is 21.5 Å². The molecule has 0 aliphatic rings. The zero-order valence-electron chi connectivity index (χ0n) is 13.2. The molecule has 1 atom stereocenters. The standard InChI is InChI=1S/C19H18N2O3/c1-20-13-17(19(23)24)21-18(22)16-11-9-15(10-12-16)8-7-14-5-3-2-4-6-14/h2-6,9-12,17,20H,13H2,1H3,(H,21,22)(H,23,24)/t17-/m0/s1. The molecule has 0 heterocycles. The first-order chi connectivity index (χ1) is 11.6. The maximum Gasteiger partial charge on any atom is 0.327 e. The molecule has 2 rings (SSSR count). The van der Waals surface area contributed by atoms with Crippen LogP contribution in [0.5, 0.6) is 0 Å². The van der Waals surface area contributed by atoms with E-state index in [4.69, 9.17) is 5.11 Å². The van der Waals surface area contributed by atoms with Crippen LogP contribution < -0.4 is 10.6 Å². The minimum Gasteiger partial charge on any atom is -0.480 e. The van der Waals surface area contributed by atoms with Gasteiger partial charge in [-0.3, -0.25) is 4.79 Å². The Kier molecular flexibility index (Phi) is 6.12. The number of amides is 1. The molecule has 0 aliphatic heterocycles. The third-order valence-corrected chi connectivity index (χ3v) is 3.28. The van der Waals surface area contributed by atoms with Crippen LogP contribution in [-0.2, 0) is 4.79 Å². The van der Waals surface area contributed by atoms with Crippen molar-refractivity contribution in [3.63, 3.8) is 0 Å². The van der Waals surface area contributed by atoms with E-state index in [1.807, 2.05) is 30.3 Å². The molecule has 0 spiro atoms. The Bertz CT molecular complexity index is 759. The molecule has 0 fully saturated rings. The summed E-state index contributed by atoms with van der Waals surface area (Å²) in [6.45, 7) is 0.154. The predicted octanol–water partition coefficient (Wildman–Crippen LogP) is 1.49. The van der Waals surface area contributed by atoms with E-state index >= 15 is 0 Å². The molecule has 5 heteroatoms. The van der Waals surface area contributed by atoms with E-state index in [1.54, 1.807) is 31.3 Å². The first kappa shape index (κ1) is 17.3. The number of likely N-dealkylation sites (N-methyl/N-ethyl adjacent to an activating group) is 1. The lowest BCUT2D eigenvalue weighted by atomic mass is 10.1. The molecule has 0 saturated carbocycles. The maximum absolute atomic E-state index is 12.1. The predicted molar refractivity (Wildman–Crippen MR) is 91.7 cm³/mol. The van der Waals surface area contributed by atoms with Crippen molar-refractivity contribution in [1.82, 2.24) is 10.6 Å². The second kappa shape index (κ2) is 8.51. The number of hydrogen-bond donors (Lipinski definition) is 3. The summed E-state index contributed by atoms with van der Waals surface area (Å²) < 4.78 is 0. The maximum atomic E-state index is 12.1. The van der Waals surface area contributed by atoms with Crippen molar-refractivity contribution in [2.45, 2.75) is 6.04 Å². The van der Waals surface area contributed by atoms with Crippen LogP contribution in [0.2, 0.25) is 0 Å². The molecular weight excluding hydrogens is 304 g/mol. The number of benzene rings is 2. The number of aliphatic carboxylic acids is 1. The van der Waals surface area contributed by atoms with Crippen LogP contribution in [0.15, 0.2) is 54.6 Å². The van der Waals surface area contributed by atoms with Crippen LogP contribution in [0.3, 0.4) is 0 Å². The highest BCUT2D eigenvalue weighted by Gasteiger charge is 2.19. The van der Waals surface area contributed by atoms with Gasteiger partial charge in [0.1, 0.15) is 6.04 Å². The molecule has 2 aromatic carbocycles. The van der Waals surface area contributed by atoms with Crippen LogP contribution in [0.25, 0.3) is 0 Å². The second-order valence-electron chi connectivity index (χ2n) is 5.12. The van der Waals surface area contributed by atoms with Crippen molar-refractivity contribution >= 4 is 11.9 Å². The SMILES string of the molecule is CNC[C@H](NC(=O)c1ccc(C#Cc2ccccc2)cc1)C(=O)O. The van der Waals surface area contributed by atoms with Gasteiger partial charge in [0, 0.05) is 23.2 Å². The summed E-state index contributed by atoms with van der Waals surface area (Å²) in [6, 6.07) is 15.4. The molecule has 1 amide bonds. The summed E-state index contributed by atoms with van der Waals surface area (Å²) in [7, 11) is 1.63. The zero-order chi connectivity index (χ0) is 17.4. The van der Waals surface area contributed by atoms with Gasteiger partial charge in [-0.25, -0.2) is 4.79 Å². The highest BCUT2D eigenvalue weighted by Crippen LogP contribution is 2.05. The van der Waals surface area contributed by atoms with E-state index in [1.165, 1.54) is 0 Å². The summed E-state index contributed by atoms with van der Waals surface area (Å²) in [5.74, 6) is 4.55. The molecule has 0 radical (unpaired) electrons. The highest BCUT2D eigenvalue weighted by molar-refractivity contribution is 5.96. The molecular formula is C19H18N2O3. The Morgan fingerprint density at radius 2 is 1.58 bits per heavy atom. The minimum atomic E-state index is -1.08. The van der Waals surface area contributed by atoms with Gasteiger partial charge in [-0.15, -0.1) is 0 Å². The fourth-order valence-corrected chi connectivity index (χ4v) is 2.02. The van der Waals surface area contributed by atoms with Crippen molar-refractivity contribution in [1.29, 1.82) is 0 Å². The van der Waals surface area contributed by atoms with Gasteiger partial charge in [0.2, 0.25) is 0 Å². The number of carbonyl (C=O) groups excluding carboxylic acids is 1. The number of carboxylic acids is 1. The van der Waals surface area contributed by atoms with Gasteiger partial charge in [-0.2, -0.15) is 0 Å². The largest absolute Gasteiger partial charge is 0.480 e. The molecule has 0 aliphatic carbocycles. The number of hydrogen-bond acceptors (Lipinski definition) is 3. The topological polar surface area (TPSA) is 78.4 Å². The van der Waals surface area contributed by atoms with Crippen molar-refractivity contribution in [3.8, 4) is 11.8 Å². The Labute approximate surface area is 140 Å². The van der Waals surface area contributed by atoms with E-state index in [2.05, 4.69) is 22.5 Å². The Morgan fingerprint density at radius 3 is 2.12 bits per heavy atom. The normalized spacial score (nSPS) is 11.0. The van der Waals surface area contributed by atoms with Crippen molar-refractivity contribution in [3.05, 3.63) is 71.3 Å². The molecule has 0 saturated heterocycles. The summed E-state index contributed by atoms with van der Waals surface area (Å²) in [6.07, 6.45) is 0. The number of carbonyl (C=O) groups is 2. The van der Waals surface area contributed by atoms with Crippen molar-refractivity contribution < 1.29 is 14.7 Å². The van der Waals surface area contributed by atoms with Crippen molar-refractivity contribution in [2.24, 2.45) is 0 Å². The van der Waals surface area contributed by atoms with Gasteiger partial charge in [-0.1, -0.05) is 30.0 Å². The average molecular weight is 322 g/mol. The van der Waals surface area contributed by atoms with Gasteiger partial charge in [0.25, 0.3) is 5.91 Å². The van der Waals surface area contributed by atoms with Gasteiger partial charge in [0.05, 0.1) is 0 Å². The average Bonchev–Trinajstić information content (AvgIpc) is 2.60. The number of carboxylic acid groups (broad SMARTS) is 1. The van der Waals surface area contributed by atoms with E-state index in [-0.39, 0.29) is 6.54 Å². The number of nitrogens with one attached hydrogen (secondary N) is 2. The van der Waals surface area contributed by atoms with Crippen LogP contribution in [0, 0.1) is 11.8 Å². The van der Waals surface area contributed by atoms with E-state index in [0.717, 1.165) is 11.1 Å². The summed E-state index contributed by atoms with van der Waals surface area (Å²) >= 11 is 0. The lowest BCUT2D eigenvalue weighted by Crippen LogP contribution is -2.46. The fourth-order valence-electron chi connectivity index (χ4n) is 2.02. The summed E-state index contributed by atoms with van der Waals surface area (Å²) in [5.41, 5.74) is 2.08. The molecule has 122 valence electrons. The third-order valence-electron chi connectivity index (χ3n) is 3.28. The third kappa shape index (κ3) is 4.97. The van der Waals surface area contributed by atoms with E-state index in [0.29, 0.717) is 5.56 Å². The molecule has 3 N–H and O–H groups in total. The zero-order valence-corrected chi connectivity index (χ0v) is 13.2. The Morgan fingerprint density at radius 1 is 1.00 bits per heavy atom. The summed E-state index contributed by atoms with van der Waals surface area (Å²) in [5, 5.41) is 14.3. The van der Waals surface area contributed by atoms with E-state index < -0.39 is 17.9 Å². The van der Waals surface area contributed by atoms with Gasteiger partial charge in [-0.05, 0) is 43.4 Å². The van der Waals surface area contributed by atoms with Gasteiger partial charge in [0.15, 0.2) is 0 Å². The van der Waals surface area contributed by atoms with Crippen molar-refractivity contribution in [2.75, 3.05) is 13.6 Å². The minimum absolute atomic E-state index is 0.154. The Balaban J connectivity index is 2.05. The lowest BCUT2D eigenvalue weighted by molar-refractivity contribution is -0.139. The molecule has 5 nitrogen and oxygen atoms in total. The highest BCUT2D eigenvalue weighted by atomic mass is 16.4. The molecule has 0 bridgehead atoms. The monoisotopic (exact) mass is 322 g/mol. The molecule has 0 aromatic heterocycles. The first-order valence-electron chi connectivity index (χ1n) is 7.45. The smallest absolute Gasteiger partial charge is 0.327 e. The fraction of sp³-hybridized carbons (Fsp3) is 0.158. The summed E-state index contributed by atoms with van der Waals surface area (Å²) in [4.78, 5) is 23.1. The van der Waals surface area contributed by atoms with Crippen LogP contribution >= 0.6 is 0 Å². The molecule has 2 aromatic rings. The lowest BCUT2D eigenvalue weighted by Gasteiger charge is -2.13. The van der Waals surface area contributed by atoms with Gasteiger partial charge < -0.3 is 15.7 Å². The van der Waals surface area contributed by atoms with Gasteiger partial charge >= 0.3 is 5.97 Å². The quantitative estimate of drug-likeness (QED) is 0.729. The van der Waals surface area contributed by atoms with Crippen LogP contribution in [-0.4, -0.2) is 36.6 Å². The first-order valence-corrected chi connectivity index (χ1v) is 7.45. The second-order valence-corrected chi connectivity index (χ2v) is 5.12. The van der Waals surface area contributed by atoms with E-state index in [9.17, 15) is 9.59 Å². The molecule has 24 heavy (non-hydrogen) atoms. The van der Waals surface area contributed by atoms with Crippen LogP contribution in [0.4, 0.5) is 0 Å². The number of rotatable bonds is 5.